The van der Waals surface area contributed by atoms with Gasteiger partial charge in [0.15, 0.2) is 6.61 Å². The van der Waals surface area contributed by atoms with E-state index in [1.807, 2.05) is 36.9 Å². The fraction of sp³-hybridized carbons (Fsp3) is 0.529. The molecule has 0 bridgehead atoms. The van der Waals surface area contributed by atoms with Gasteiger partial charge in [-0.1, -0.05) is 18.2 Å². The highest BCUT2D eigenvalue weighted by atomic mass is 16.5. The second-order valence-corrected chi connectivity index (χ2v) is 6.63. The van der Waals surface area contributed by atoms with Gasteiger partial charge in [-0.15, -0.1) is 0 Å². The lowest BCUT2D eigenvalue weighted by molar-refractivity contribution is -0.134. The van der Waals surface area contributed by atoms with E-state index in [-0.39, 0.29) is 24.1 Å². The van der Waals surface area contributed by atoms with Crippen LogP contribution in [0.3, 0.4) is 0 Å². The third-order valence-electron chi connectivity index (χ3n) is 3.65. The first kappa shape index (κ1) is 17.4. The molecule has 1 aliphatic heterocycles. The molecule has 6 nitrogen and oxygen atoms in total. The Balaban J connectivity index is 1.82. The summed E-state index contributed by atoms with van der Waals surface area (Å²) in [5.74, 6) is -0.103. The van der Waals surface area contributed by atoms with Gasteiger partial charge in [0.2, 0.25) is 5.91 Å². The van der Waals surface area contributed by atoms with Crippen molar-refractivity contribution in [2.24, 2.45) is 5.73 Å². The van der Waals surface area contributed by atoms with E-state index < -0.39 is 5.91 Å². The molecule has 0 aliphatic carbocycles. The van der Waals surface area contributed by atoms with Crippen molar-refractivity contribution in [2.45, 2.75) is 38.3 Å². The molecule has 1 saturated heterocycles. The lowest BCUT2D eigenvalue weighted by Gasteiger charge is -2.30. The first-order valence-electron chi connectivity index (χ1n) is 7.90. The second kappa shape index (κ2) is 7.57. The topological polar surface area (TPSA) is 84.7 Å². The van der Waals surface area contributed by atoms with E-state index in [0.29, 0.717) is 12.3 Å². The molecule has 1 heterocycles. The highest BCUT2D eigenvalue weighted by Crippen LogP contribution is 2.19. The summed E-state index contributed by atoms with van der Waals surface area (Å²) in [5.41, 5.74) is 5.66. The van der Waals surface area contributed by atoms with Gasteiger partial charge in [0.1, 0.15) is 5.75 Å². The number of nitrogens with one attached hydrogen (secondary N) is 1. The predicted octanol–water partition coefficient (Wildman–Crippen LogP) is 0.910. The molecule has 1 fully saturated rings. The monoisotopic (exact) mass is 319 g/mol. The van der Waals surface area contributed by atoms with Gasteiger partial charge in [0, 0.05) is 12.1 Å². The lowest BCUT2D eigenvalue weighted by Crippen LogP contribution is -2.52. The minimum Gasteiger partial charge on any atom is -0.484 e. The number of hydrogen-bond donors (Lipinski definition) is 2. The highest BCUT2D eigenvalue weighted by molar-refractivity contribution is 5.98. The average Bonchev–Trinajstić information content (AvgIpc) is 2.92. The van der Waals surface area contributed by atoms with Crippen molar-refractivity contribution in [3.05, 3.63) is 30.3 Å². The number of carbonyl (C=O) groups is 2. The van der Waals surface area contributed by atoms with E-state index in [2.05, 4.69) is 5.32 Å². The molecule has 0 aromatic heterocycles. The van der Waals surface area contributed by atoms with Crippen molar-refractivity contribution in [3.63, 3.8) is 0 Å². The summed E-state index contributed by atoms with van der Waals surface area (Å²) in [4.78, 5) is 26.2. The molecular weight excluding hydrogens is 294 g/mol. The molecule has 6 heteroatoms. The van der Waals surface area contributed by atoms with Crippen LogP contribution in [0.25, 0.3) is 0 Å². The van der Waals surface area contributed by atoms with Gasteiger partial charge in [0.05, 0.1) is 6.04 Å². The molecule has 1 atom stereocenters. The molecule has 0 saturated carbocycles. The van der Waals surface area contributed by atoms with E-state index in [4.69, 9.17) is 10.5 Å². The smallest absolute Gasteiger partial charge is 0.264 e. The standard InChI is InChI=1S/C17H25N3O3/c1-17(2,18)12-20-10-6-9-14(20)16(22)19-15(21)11-23-13-7-4-3-5-8-13/h3-5,7-8,14H,6,9-12,18H2,1-2H3,(H,19,21,22). The van der Waals surface area contributed by atoms with Gasteiger partial charge in [-0.25, -0.2) is 0 Å². The van der Waals surface area contributed by atoms with E-state index in [1.165, 1.54) is 0 Å². The van der Waals surface area contributed by atoms with E-state index in [0.717, 1.165) is 19.4 Å². The molecule has 0 spiro atoms. The van der Waals surface area contributed by atoms with Crippen molar-refractivity contribution in [1.29, 1.82) is 0 Å². The fourth-order valence-corrected chi connectivity index (χ4v) is 2.76. The summed E-state index contributed by atoms with van der Waals surface area (Å²) in [6.45, 7) is 5.14. The number of amides is 2. The Morgan fingerprint density at radius 3 is 2.70 bits per heavy atom. The Morgan fingerprint density at radius 2 is 2.04 bits per heavy atom. The molecule has 23 heavy (non-hydrogen) atoms. The molecule has 1 unspecified atom stereocenters. The maximum atomic E-state index is 12.3. The van der Waals surface area contributed by atoms with Gasteiger partial charge in [-0.05, 0) is 45.4 Å². The number of likely N-dealkylation sites (tertiary alicyclic amines) is 1. The summed E-state index contributed by atoms with van der Waals surface area (Å²) in [7, 11) is 0. The zero-order valence-electron chi connectivity index (χ0n) is 13.7. The van der Waals surface area contributed by atoms with Gasteiger partial charge in [-0.2, -0.15) is 0 Å². The fourth-order valence-electron chi connectivity index (χ4n) is 2.76. The van der Waals surface area contributed by atoms with Crippen LogP contribution in [0, 0.1) is 0 Å². The van der Waals surface area contributed by atoms with E-state index in [9.17, 15) is 9.59 Å². The average molecular weight is 319 g/mol. The number of para-hydroxylation sites is 1. The molecule has 1 aliphatic rings. The number of benzene rings is 1. The minimum absolute atomic E-state index is 0.176. The Labute approximate surface area is 137 Å². The van der Waals surface area contributed by atoms with Crippen molar-refractivity contribution in [1.82, 2.24) is 10.2 Å². The van der Waals surface area contributed by atoms with Crippen LogP contribution < -0.4 is 15.8 Å². The molecule has 2 amide bonds. The van der Waals surface area contributed by atoms with Crippen molar-refractivity contribution < 1.29 is 14.3 Å². The summed E-state index contributed by atoms with van der Waals surface area (Å²) in [5, 5.41) is 2.42. The molecule has 3 N–H and O–H groups in total. The van der Waals surface area contributed by atoms with E-state index >= 15 is 0 Å². The Bertz CT molecular complexity index is 540. The van der Waals surface area contributed by atoms with Crippen molar-refractivity contribution >= 4 is 11.8 Å². The normalized spacial score (nSPS) is 18.7. The van der Waals surface area contributed by atoms with Crippen LogP contribution in [0.5, 0.6) is 5.75 Å². The molecular formula is C17H25N3O3. The minimum atomic E-state index is -0.433. The molecule has 1 aromatic carbocycles. The van der Waals surface area contributed by atoms with Crippen LogP contribution in [0.1, 0.15) is 26.7 Å². The number of nitrogens with two attached hydrogens (primary N) is 1. The van der Waals surface area contributed by atoms with Crippen LogP contribution >= 0.6 is 0 Å². The summed E-state index contributed by atoms with van der Waals surface area (Å²) < 4.78 is 5.34. The molecule has 126 valence electrons. The maximum Gasteiger partial charge on any atom is 0.264 e. The summed E-state index contributed by atoms with van der Waals surface area (Å²) >= 11 is 0. The third-order valence-corrected chi connectivity index (χ3v) is 3.65. The number of carbonyl (C=O) groups excluding carboxylic acids is 2. The van der Waals surface area contributed by atoms with Gasteiger partial charge in [0.25, 0.3) is 5.91 Å². The maximum absolute atomic E-state index is 12.3. The molecule has 1 aromatic rings. The van der Waals surface area contributed by atoms with Crippen LogP contribution in [-0.4, -0.2) is 48.0 Å². The second-order valence-electron chi connectivity index (χ2n) is 6.63. The van der Waals surface area contributed by atoms with Crippen LogP contribution in [0.15, 0.2) is 30.3 Å². The number of imide groups is 1. The van der Waals surface area contributed by atoms with E-state index in [1.54, 1.807) is 12.1 Å². The quantitative estimate of drug-likeness (QED) is 0.814. The first-order valence-corrected chi connectivity index (χ1v) is 7.90. The zero-order chi connectivity index (χ0) is 16.9. The lowest BCUT2D eigenvalue weighted by atomic mass is 10.1. The number of hydrogen-bond acceptors (Lipinski definition) is 5. The Kier molecular flexibility index (Phi) is 5.74. The van der Waals surface area contributed by atoms with Gasteiger partial charge >= 0.3 is 0 Å². The van der Waals surface area contributed by atoms with Crippen molar-refractivity contribution in [2.75, 3.05) is 19.7 Å². The van der Waals surface area contributed by atoms with Gasteiger partial charge < -0.3 is 10.5 Å². The Morgan fingerprint density at radius 1 is 1.35 bits per heavy atom. The van der Waals surface area contributed by atoms with Crippen LogP contribution in [-0.2, 0) is 9.59 Å². The third kappa shape index (κ3) is 5.65. The number of rotatable bonds is 6. The van der Waals surface area contributed by atoms with Crippen molar-refractivity contribution in [3.8, 4) is 5.75 Å². The van der Waals surface area contributed by atoms with Crippen LogP contribution in [0.4, 0.5) is 0 Å². The Hall–Kier alpha value is -1.92. The SMILES string of the molecule is CC(C)(N)CN1CCCC1C(=O)NC(=O)COc1ccccc1. The first-order chi connectivity index (χ1) is 10.8. The zero-order valence-corrected chi connectivity index (χ0v) is 13.7. The predicted molar refractivity (Wildman–Crippen MR) is 87.9 cm³/mol. The highest BCUT2D eigenvalue weighted by Gasteiger charge is 2.33. The summed E-state index contributed by atoms with van der Waals surface area (Å²) in [6.07, 6.45) is 1.68. The van der Waals surface area contributed by atoms with Crippen LogP contribution in [0.2, 0.25) is 0 Å². The summed E-state index contributed by atoms with van der Waals surface area (Å²) in [6, 6.07) is 8.74. The molecule has 0 radical (unpaired) electrons. The largest absolute Gasteiger partial charge is 0.484 e. The molecule has 2 rings (SSSR count). The van der Waals surface area contributed by atoms with Gasteiger partial charge in [-0.3, -0.25) is 19.8 Å². The number of ether oxygens (including phenoxy) is 1. The number of nitrogens with zero attached hydrogens (tertiary/aromatic N) is 1.